The predicted molar refractivity (Wildman–Crippen MR) is 148 cm³/mol. The number of thiophene rings is 1. The van der Waals surface area contributed by atoms with Crippen LogP contribution >= 0.6 is 22.9 Å². The molecule has 14 heteroatoms. The Labute approximate surface area is 243 Å². The highest BCUT2D eigenvalue weighted by Gasteiger charge is 2.32. The van der Waals surface area contributed by atoms with Gasteiger partial charge in [0.05, 0.1) is 49.4 Å². The Morgan fingerprint density at radius 2 is 1.90 bits per heavy atom. The lowest BCUT2D eigenvalue weighted by molar-refractivity contribution is -0.137. The Balaban J connectivity index is 1.53. The molecule has 0 radical (unpaired) electrons. The lowest BCUT2D eigenvalue weighted by Crippen LogP contribution is -2.27. The van der Waals surface area contributed by atoms with E-state index in [1.807, 2.05) is 0 Å². The van der Waals surface area contributed by atoms with Gasteiger partial charge in [0, 0.05) is 28.3 Å². The minimum atomic E-state index is -4.74. The van der Waals surface area contributed by atoms with Crippen molar-refractivity contribution in [2.24, 2.45) is 0 Å². The summed E-state index contributed by atoms with van der Waals surface area (Å²) in [6, 6.07) is 7.03. The fourth-order valence-electron chi connectivity index (χ4n) is 4.57. The molecule has 0 bridgehead atoms. The van der Waals surface area contributed by atoms with Crippen LogP contribution in [0.25, 0.3) is 32.2 Å². The van der Waals surface area contributed by atoms with Gasteiger partial charge in [0.15, 0.2) is 0 Å². The van der Waals surface area contributed by atoms with Gasteiger partial charge in [-0.1, -0.05) is 11.6 Å². The largest absolute Gasteiger partial charge is 0.491 e. The molecule has 0 aliphatic heterocycles. The summed E-state index contributed by atoms with van der Waals surface area (Å²) in [6.07, 6.45) is -4.74. The Hall–Kier alpha value is -4.54. The van der Waals surface area contributed by atoms with E-state index in [2.05, 4.69) is 9.97 Å². The number of hydrogen-bond acceptors (Lipinski definition) is 7. The number of fused-ring (bicyclic) bond motifs is 2. The van der Waals surface area contributed by atoms with Crippen molar-refractivity contribution in [1.29, 1.82) is 5.26 Å². The van der Waals surface area contributed by atoms with Crippen molar-refractivity contribution in [3.8, 4) is 22.9 Å². The van der Waals surface area contributed by atoms with Crippen LogP contribution in [-0.2, 0) is 12.7 Å². The van der Waals surface area contributed by atoms with Gasteiger partial charge in [-0.25, -0.2) is 14.2 Å². The van der Waals surface area contributed by atoms with Gasteiger partial charge in [-0.2, -0.15) is 18.4 Å². The Bertz CT molecular complexity index is 2030. The fourth-order valence-corrected chi connectivity index (χ4v) is 5.74. The number of carbonyl (C=O) groups is 1. The minimum Gasteiger partial charge on any atom is -0.491 e. The van der Waals surface area contributed by atoms with Gasteiger partial charge >= 0.3 is 12.1 Å². The van der Waals surface area contributed by atoms with Crippen molar-refractivity contribution in [2.75, 3.05) is 6.61 Å². The van der Waals surface area contributed by atoms with Crippen molar-refractivity contribution in [2.45, 2.75) is 26.6 Å². The third kappa shape index (κ3) is 5.15. The summed E-state index contributed by atoms with van der Waals surface area (Å²) in [4.78, 5) is 33.4. The Morgan fingerprint density at radius 1 is 1.17 bits per heavy atom. The molecule has 0 aliphatic carbocycles. The molecule has 0 atom stereocenters. The van der Waals surface area contributed by atoms with Gasteiger partial charge in [-0.3, -0.25) is 14.3 Å². The molecule has 42 heavy (non-hydrogen) atoms. The maximum atomic E-state index is 14.6. The van der Waals surface area contributed by atoms with Crippen LogP contribution in [0.5, 0.6) is 5.75 Å². The fraction of sp³-hybridized carbons (Fsp3) is 0.179. The van der Waals surface area contributed by atoms with Gasteiger partial charge in [-0.05, 0) is 38.1 Å². The van der Waals surface area contributed by atoms with E-state index < -0.39 is 34.6 Å². The molecule has 0 saturated carbocycles. The summed E-state index contributed by atoms with van der Waals surface area (Å²) in [5, 5.41) is 20.0. The number of rotatable bonds is 6. The SMILES string of the molecule is Cc1cc(-c2cc(Cl)c(F)cc2OCCn2c(C)nc3cc(C(F)(F)F)cc(C#N)c3c2=O)c2scc(C(=O)O)c2n1. The molecule has 2 aromatic carbocycles. The molecule has 8 nitrogen and oxygen atoms in total. The van der Waals surface area contributed by atoms with Crippen LogP contribution in [0.15, 0.2) is 40.5 Å². The molecule has 3 aromatic heterocycles. The van der Waals surface area contributed by atoms with Crippen LogP contribution in [-0.4, -0.2) is 32.2 Å². The van der Waals surface area contributed by atoms with Crippen molar-refractivity contribution in [1.82, 2.24) is 14.5 Å². The van der Waals surface area contributed by atoms with Crippen LogP contribution in [0.3, 0.4) is 0 Å². The molecule has 5 aromatic rings. The molecular weight excluding hydrogens is 600 g/mol. The van der Waals surface area contributed by atoms with E-state index in [4.69, 9.17) is 16.3 Å². The van der Waals surface area contributed by atoms with Crippen LogP contribution in [0.2, 0.25) is 5.02 Å². The van der Waals surface area contributed by atoms with E-state index in [-0.39, 0.29) is 51.7 Å². The van der Waals surface area contributed by atoms with Gasteiger partial charge in [-0.15, -0.1) is 11.3 Å². The van der Waals surface area contributed by atoms with Gasteiger partial charge in [0.1, 0.15) is 30.1 Å². The number of nitrogens with zero attached hydrogens (tertiary/aromatic N) is 4. The second kappa shape index (κ2) is 10.7. The summed E-state index contributed by atoms with van der Waals surface area (Å²) < 4.78 is 62.0. The quantitative estimate of drug-likeness (QED) is 0.210. The molecular formula is C28H17ClF4N4O4S. The average molecular weight is 617 g/mol. The summed E-state index contributed by atoms with van der Waals surface area (Å²) in [6.45, 7) is 2.75. The number of halogens is 5. The molecule has 0 aliphatic rings. The second-order valence-electron chi connectivity index (χ2n) is 9.20. The lowest BCUT2D eigenvalue weighted by Gasteiger charge is -2.16. The minimum absolute atomic E-state index is 0.00775. The lowest BCUT2D eigenvalue weighted by atomic mass is 10.0. The third-order valence-electron chi connectivity index (χ3n) is 6.46. The first-order valence-corrected chi connectivity index (χ1v) is 13.3. The van der Waals surface area contributed by atoms with Gasteiger partial charge < -0.3 is 9.84 Å². The van der Waals surface area contributed by atoms with E-state index in [1.165, 1.54) is 18.4 Å². The second-order valence-corrected chi connectivity index (χ2v) is 10.5. The molecule has 3 heterocycles. The zero-order chi connectivity index (χ0) is 30.5. The summed E-state index contributed by atoms with van der Waals surface area (Å²) >= 11 is 7.23. The number of carboxylic acids is 1. The average Bonchev–Trinajstić information content (AvgIpc) is 3.34. The monoisotopic (exact) mass is 616 g/mol. The first kappa shape index (κ1) is 29.0. The molecule has 214 valence electrons. The topological polar surface area (TPSA) is 118 Å². The van der Waals surface area contributed by atoms with Crippen molar-refractivity contribution < 1.29 is 32.2 Å². The molecule has 0 spiro atoms. The molecule has 0 saturated heterocycles. The number of carboxylic acid groups (broad SMARTS) is 1. The number of aromatic carboxylic acids is 1. The smallest absolute Gasteiger partial charge is 0.416 e. The van der Waals surface area contributed by atoms with E-state index in [0.29, 0.717) is 33.7 Å². The number of aromatic nitrogens is 3. The predicted octanol–water partition coefficient (Wildman–Crippen LogP) is 6.75. The zero-order valence-electron chi connectivity index (χ0n) is 21.6. The summed E-state index contributed by atoms with van der Waals surface area (Å²) in [7, 11) is 0. The number of nitriles is 1. The normalized spacial score (nSPS) is 11.7. The highest BCUT2D eigenvalue weighted by molar-refractivity contribution is 7.18. The molecule has 5 rings (SSSR count). The summed E-state index contributed by atoms with van der Waals surface area (Å²) in [5.74, 6) is -1.82. The van der Waals surface area contributed by atoms with Gasteiger partial charge in [0.25, 0.3) is 5.56 Å². The van der Waals surface area contributed by atoms with Crippen molar-refractivity contribution in [3.63, 3.8) is 0 Å². The molecule has 0 fully saturated rings. The maximum absolute atomic E-state index is 14.6. The molecule has 0 unspecified atom stereocenters. The number of benzene rings is 2. The summed E-state index contributed by atoms with van der Waals surface area (Å²) in [5.41, 5.74) is -0.961. The van der Waals surface area contributed by atoms with Crippen LogP contribution in [0.4, 0.5) is 17.6 Å². The van der Waals surface area contributed by atoms with Crippen molar-refractivity contribution in [3.05, 3.63) is 85.1 Å². The Kier molecular flexibility index (Phi) is 7.38. The van der Waals surface area contributed by atoms with E-state index >= 15 is 0 Å². The van der Waals surface area contributed by atoms with Gasteiger partial charge in [0.2, 0.25) is 0 Å². The number of ether oxygens (including phenoxy) is 1. The standard InChI is InChI=1S/C28H17ClF4N4O4S/c1-12-5-17(25-24(35-12)18(11-42-25)27(39)40)16-8-19(29)20(30)9-22(16)41-4-3-37-13(2)36-21-7-15(28(31,32)33)6-14(10-34)23(21)26(37)38/h5-9,11H,3-4H2,1-2H3,(H,39,40). The zero-order valence-corrected chi connectivity index (χ0v) is 23.2. The maximum Gasteiger partial charge on any atom is 0.416 e. The van der Waals surface area contributed by atoms with Crippen LogP contribution in [0, 0.1) is 31.0 Å². The number of pyridine rings is 1. The van der Waals surface area contributed by atoms with E-state index in [0.717, 1.165) is 22.0 Å². The first-order chi connectivity index (χ1) is 19.8. The highest BCUT2D eigenvalue weighted by atomic mass is 35.5. The third-order valence-corrected chi connectivity index (χ3v) is 7.76. The highest BCUT2D eigenvalue weighted by Crippen LogP contribution is 2.41. The van der Waals surface area contributed by atoms with E-state index in [9.17, 15) is 37.5 Å². The van der Waals surface area contributed by atoms with E-state index in [1.54, 1.807) is 19.1 Å². The number of alkyl halides is 3. The molecule has 0 amide bonds. The number of hydrogen-bond donors (Lipinski definition) is 1. The molecule has 1 N–H and O–H groups in total. The van der Waals surface area contributed by atoms with Crippen molar-refractivity contribution >= 4 is 50.0 Å². The van der Waals surface area contributed by atoms with Crippen LogP contribution < -0.4 is 10.3 Å². The Morgan fingerprint density at radius 3 is 2.57 bits per heavy atom. The first-order valence-electron chi connectivity index (χ1n) is 12.1. The number of aryl methyl sites for hydroxylation is 2. The van der Waals surface area contributed by atoms with Crippen LogP contribution in [0.1, 0.15) is 33.0 Å².